The quantitative estimate of drug-likeness (QED) is 0.867. The van der Waals surface area contributed by atoms with Crippen LogP contribution in [0, 0.1) is 11.3 Å². The Morgan fingerprint density at radius 2 is 1.88 bits per heavy atom. The molecule has 0 saturated carbocycles. The van der Waals surface area contributed by atoms with Crippen molar-refractivity contribution in [3.63, 3.8) is 0 Å². The van der Waals surface area contributed by atoms with Crippen molar-refractivity contribution in [1.82, 2.24) is 15.0 Å². The molecule has 0 bridgehead atoms. The second-order valence-corrected chi connectivity index (χ2v) is 8.14. The highest BCUT2D eigenvalue weighted by atomic mass is 32.2. The minimum atomic E-state index is -3.74. The molecule has 0 radical (unpaired) electrons. The predicted molar refractivity (Wildman–Crippen MR) is 99.1 cm³/mol. The Balaban J connectivity index is 1.80. The van der Waals surface area contributed by atoms with Gasteiger partial charge in [0, 0.05) is 11.8 Å². The van der Waals surface area contributed by atoms with Gasteiger partial charge >= 0.3 is 0 Å². The first-order chi connectivity index (χ1) is 12.3. The van der Waals surface area contributed by atoms with Gasteiger partial charge in [-0.15, -0.1) is 0 Å². The molecule has 2 heterocycles. The highest BCUT2D eigenvalue weighted by Crippen LogP contribution is 2.20. The van der Waals surface area contributed by atoms with Gasteiger partial charge in [0.2, 0.25) is 0 Å². The van der Waals surface area contributed by atoms with Crippen molar-refractivity contribution in [2.24, 2.45) is 0 Å². The number of nitrogens with one attached hydrogen (secondary N) is 2. The van der Waals surface area contributed by atoms with Gasteiger partial charge < -0.3 is 5.32 Å². The molecule has 1 aromatic carbocycles. The summed E-state index contributed by atoms with van der Waals surface area (Å²) in [5.41, 5.74) is 1.67. The average Bonchev–Trinajstić information content (AvgIpc) is 2.61. The van der Waals surface area contributed by atoms with Crippen molar-refractivity contribution in [3.8, 4) is 17.3 Å². The van der Waals surface area contributed by atoms with Gasteiger partial charge in [0.15, 0.2) is 0 Å². The van der Waals surface area contributed by atoms with Crippen molar-refractivity contribution in [2.75, 3.05) is 0 Å². The van der Waals surface area contributed by atoms with Gasteiger partial charge in [-0.05, 0) is 44.2 Å². The molecule has 0 spiro atoms. The molecule has 3 rings (SSSR count). The van der Waals surface area contributed by atoms with E-state index in [2.05, 4.69) is 21.1 Å². The van der Waals surface area contributed by atoms with Gasteiger partial charge in [0.05, 0.1) is 22.9 Å². The van der Waals surface area contributed by atoms with E-state index in [1.165, 1.54) is 12.3 Å². The summed E-state index contributed by atoms with van der Waals surface area (Å²) < 4.78 is 27.6. The average molecular weight is 366 g/mol. The Hall–Kier alpha value is -3.11. The van der Waals surface area contributed by atoms with Crippen LogP contribution in [-0.4, -0.2) is 18.9 Å². The zero-order valence-corrected chi connectivity index (χ0v) is 15.2. The van der Waals surface area contributed by atoms with E-state index in [1.807, 2.05) is 19.9 Å². The van der Waals surface area contributed by atoms with Gasteiger partial charge in [-0.3, -0.25) is 9.71 Å². The molecule has 0 aliphatic carbocycles. The van der Waals surface area contributed by atoms with Crippen LogP contribution < -0.4 is 10.0 Å². The third-order valence-corrected chi connectivity index (χ3v) is 5.18. The molecule has 26 heavy (non-hydrogen) atoms. The van der Waals surface area contributed by atoms with Gasteiger partial charge in [-0.1, -0.05) is 24.3 Å². The third-order valence-electron chi connectivity index (χ3n) is 3.83. The molecular formula is C19H18N4O2S. The van der Waals surface area contributed by atoms with E-state index in [0.29, 0.717) is 17.1 Å². The number of allylic oxidation sites excluding steroid dienone is 2. The molecule has 2 aromatic rings. The van der Waals surface area contributed by atoms with Crippen LogP contribution in [-0.2, 0) is 10.0 Å². The Kier molecular flexibility index (Phi) is 4.53. The van der Waals surface area contributed by atoms with Crippen molar-refractivity contribution >= 4 is 10.0 Å². The molecule has 2 N–H and O–H groups in total. The fourth-order valence-electron chi connectivity index (χ4n) is 2.50. The Morgan fingerprint density at radius 1 is 1.15 bits per heavy atom. The van der Waals surface area contributed by atoms with Crippen LogP contribution >= 0.6 is 0 Å². The van der Waals surface area contributed by atoms with Crippen molar-refractivity contribution in [3.05, 3.63) is 72.2 Å². The summed E-state index contributed by atoms with van der Waals surface area (Å²) in [6, 6.07) is 12.1. The summed E-state index contributed by atoms with van der Waals surface area (Å²) in [6.45, 7) is 3.89. The van der Waals surface area contributed by atoms with Gasteiger partial charge in [0.25, 0.3) is 10.0 Å². The maximum Gasteiger partial charge on any atom is 0.264 e. The summed E-state index contributed by atoms with van der Waals surface area (Å²) >= 11 is 0. The largest absolute Gasteiger partial charge is 0.363 e. The van der Waals surface area contributed by atoms with Crippen LogP contribution in [0.25, 0.3) is 11.3 Å². The lowest BCUT2D eigenvalue weighted by molar-refractivity contribution is 0.508. The lowest BCUT2D eigenvalue weighted by Gasteiger charge is -2.28. The number of pyridine rings is 1. The third kappa shape index (κ3) is 3.92. The number of hydrogen-bond acceptors (Lipinski definition) is 5. The number of hydrogen-bond donors (Lipinski definition) is 2. The highest BCUT2D eigenvalue weighted by molar-refractivity contribution is 7.89. The molecule has 0 saturated heterocycles. The van der Waals surface area contributed by atoms with Crippen LogP contribution in [0.5, 0.6) is 0 Å². The summed E-state index contributed by atoms with van der Waals surface area (Å²) in [6.07, 6.45) is 6.74. The lowest BCUT2D eigenvalue weighted by atomic mass is 10.0. The zero-order valence-electron chi connectivity index (χ0n) is 14.4. The number of sulfonamides is 1. The molecule has 0 atom stereocenters. The Labute approximate surface area is 152 Å². The minimum absolute atomic E-state index is 0.0740. The monoisotopic (exact) mass is 366 g/mol. The number of rotatable bonds is 4. The first kappa shape index (κ1) is 17.7. The zero-order chi connectivity index (χ0) is 18.8. The van der Waals surface area contributed by atoms with E-state index in [1.54, 1.807) is 42.5 Å². The molecular weight excluding hydrogens is 348 g/mol. The molecule has 6 nitrogen and oxygen atoms in total. The van der Waals surface area contributed by atoms with E-state index in [-0.39, 0.29) is 10.4 Å². The van der Waals surface area contributed by atoms with Crippen LogP contribution in [0.4, 0.5) is 0 Å². The van der Waals surface area contributed by atoms with Crippen molar-refractivity contribution < 1.29 is 8.42 Å². The lowest BCUT2D eigenvalue weighted by Crippen LogP contribution is -2.44. The fraction of sp³-hybridized carbons (Fsp3) is 0.158. The van der Waals surface area contributed by atoms with Gasteiger partial charge in [-0.2, -0.15) is 5.26 Å². The first-order valence-corrected chi connectivity index (χ1v) is 9.44. The topological polar surface area (TPSA) is 94.9 Å². The summed E-state index contributed by atoms with van der Waals surface area (Å²) in [5.74, 6) is 0.411. The van der Waals surface area contributed by atoms with E-state index < -0.39 is 10.0 Å². The number of aromatic nitrogens is 1. The predicted octanol–water partition coefficient (Wildman–Crippen LogP) is 2.68. The van der Waals surface area contributed by atoms with Gasteiger partial charge in [0.1, 0.15) is 10.7 Å². The fourth-order valence-corrected chi connectivity index (χ4v) is 3.47. The van der Waals surface area contributed by atoms with Crippen LogP contribution in [0.1, 0.15) is 19.4 Å². The van der Waals surface area contributed by atoms with Crippen LogP contribution in [0.2, 0.25) is 0 Å². The molecule has 0 unspecified atom stereocenters. The normalized spacial score (nSPS) is 15.5. The number of dihydropyridines is 1. The van der Waals surface area contributed by atoms with E-state index in [4.69, 9.17) is 5.26 Å². The number of nitrogens with zero attached hydrogens (tertiary/aromatic N) is 2. The smallest absolute Gasteiger partial charge is 0.264 e. The van der Waals surface area contributed by atoms with E-state index in [9.17, 15) is 8.42 Å². The Morgan fingerprint density at radius 3 is 2.46 bits per heavy atom. The first-order valence-electron chi connectivity index (χ1n) is 7.96. The van der Waals surface area contributed by atoms with Crippen LogP contribution in [0.3, 0.4) is 0 Å². The second-order valence-electron chi connectivity index (χ2n) is 6.46. The SMILES string of the molecule is CC1(C)C=CC=C(NS(=O)(=O)c2ccc(-c3ccc(C#N)cc3)nc2)N1. The van der Waals surface area contributed by atoms with E-state index >= 15 is 0 Å². The van der Waals surface area contributed by atoms with Crippen molar-refractivity contribution in [2.45, 2.75) is 24.3 Å². The number of benzene rings is 1. The standard InChI is InChI=1S/C19H18N4O2S/c1-19(2)11-3-4-18(22-19)23-26(24,25)16-9-10-17(21-13-16)15-7-5-14(12-20)6-8-15/h3-11,13,22-23H,1-2H3. The maximum absolute atomic E-state index is 12.6. The van der Waals surface area contributed by atoms with Gasteiger partial charge in [-0.25, -0.2) is 8.42 Å². The highest BCUT2D eigenvalue weighted by Gasteiger charge is 2.22. The molecule has 1 aliphatic rings. The minimum Gasteiger partial charge on any atom is -0.363 e. The molecule has 1 aromatic heterocycles. The Bertz CT molecular complexity index is 1010. The second kappa shape index (κ2) is 6.65. The molecule has 7 heteroatoms. The summed E-state index contributed by atoms with van der Waals surface area (Å²) in [5, 5.41) is 11.9. The maximum atomic E-state index is 12.6. The number of nitriles is 1. The summed E-state index contributed by atoms with van der Waals surface area (Å²) in [4.78, 5) is 4.31. The van der Waals surface area contributed by atoms with Crippen molar-refractivity contribution in [1.29, 1.82) is 5.26 Å². The summed E-state index contributed by atoms with van der Waals surface area (Å²) in [7, 11) is -3.74. The molecule has 1 aliphatic heterocycles. The molecule has 0 fully saturated rings. The molecule has 132 valence electrons. The van der Waals surface area contributed by atoms with Crippen LogP contribution in [0.15, 0.2) is 71.5 Å². The van der Waals surface area contributed by atoms with E-state index in [0.717, 1.165) is 5.56 Å². The molecule has 0 amide bonds.